The topological polar surface area (TPSA) is 46.2 Å². The molecule has 1 unspecified atom stereocenters. The van der Waals surface area contributed by atoms with Crippen molar-refractivity contribution in [2.75, 3.05) is 18.2 Å². The second-order valence-electron chi connectivity index (χ2n) is 3.80. The molecule has 0 aromatic rings. The lowest BCUT2D eigenvalue weighted by molar-refractivity contribution is 0.457. The van der Waals surface area contributed by atoms with Crippen molar-refractivity contribution in [1.82, 2.24) is 4.72 Å². The molecule has 0 rings (SSSR count). The van der Waals surface area contributed by atoms with Crippen LogP contribution in [0.5, 0.6) is 0 Å². The van der Waals surface area contributed by atoms with Crippen LogP contribution in [0.15, 0.2) is 0 Å². The van der Waals surface area contributed by atoms with Gasteiger partial charge in [-0.25, -0.2) is 13.1 Å². The van der Waals surface area contributed by atoms with Crippen molar-refractivity contribution in [3.63, 3.8) is 0 Å². The fraction of sp³-hybridized carbons (Fsp3) is 1.00. The Kier molecular flexibility index (Phi) is 8.47. The van der Waals surface area contributed by atoms with E-state index in [1.165, 1.54) is 0 Å². The number of hydrogen-bond donors (Lipinski definition) is 1. The van der Waals surface area contributed by atoms with Gasteiger partial charge in [-0.15, -0.1) is 11.6 Å². The molecule has 0 aromatic heterocycles. The van der Waals surface area contributed by atoms with Gasteiger partial charge >= 0.3 is 0 Å². The van der Waals surface area contributed by atoms with Crippen LogP contribution in [-0.4, -0.2) is 26.6 Å². The molecule has 0 aromatic carbocycles. The minimum atomic E-state index is -3.06. The minimum Gasteiger partial charge on any atom is -0.215 e. The van der Waals surface area contributed by atoms with E-state index in [0.717, 1.165) is 19.3 Å². The fourth-order valence-electron chi connectivity index (χ4n) is 1.50. The van der Waals surface area contributed by atoms with Crippen LogP contribution < -0.4 is 4.72 Å². The standard InChI is InChI=1S/C10H22ClNO2S/c1-3-5-10(6-7-11)9-12-15(13,14)8-4-2/h10,12H,3-9H2,1-2H3. The van der Waals surface area contributed by atoms with E-state index in [2.05, 4.69) is 11.6 Å². The fourth-order valence-corrected chi connectivity index (χ4v) is 2.98. The minimum absolute atomic E-state index is 0.215. The summed E-state index contributed by atoms with van der Waals surface area (Å²) in [5.74, 6) is 1.19. The van der Waals surface area contributed by atoms with Gasteiger partial charge in [-0.1, -0.05) is 20.3 Å². The normalized spacial score (nSPS) is 14.1. The maximum absolute atomic E-state index is 11.4. The predicted octanol–water partition coefficient (Wildman–Crippen LogP) is 2.36. The molecule has 0 saturated heterocycles. The Morgan fingerprint density at radius 3 is 2.33 bits per heavy atom. The lowest BCUT2D eigenvalue weighted by atomic mass is 10.0. The van der Waals surface area contributed by atoms with Crippen LogP contribution in [-0.2, 0) is 10.0 Å². The van der Waals surface area contributed by atoms with Crippen molar-refractivity contribution in [1.29, 1.82) is 0 Å². The molecule has 0 bridgehead atoms. The molecule has 0 aliphatic rings. The summed E-state index contributed by atoms with van der Waals surface area (Å²) in [5, 5.41) is 0. The highest BCUT2D eigenvalue weighted by Gasteiger charge is 2.12. The lowest BCUT2D eigenvalue weighted by Crippen LogP contribution is -2.31. The molecule has 1 atom stereocenters. The third kappa shape index (κ3) is 8.05. The molecule has 0 fully saturated rings. The molecule has 0 radical (unpaired) electrons. The molecule has 3 nitrogen and oxygen atoms in total. The lowest BCUT2D eigenvalue weighted by Gasteiger charge is -2.15. The second kappa shape index (κ2) is 8.36. The number of alkyl halides is 1. The molecular weight excluding hydrogens is 234 g/mol. The predicted molar refractivity (Wildman–Crippen MR) is 65.8 cm³/mol. The molecule has 92 valence electrons. The highest BCUT2D eigenvalue weighted by Crippen LogP contribution is 2.11. The second-order valence-corrected chi connectivity index (χ2v) is 6.10. The zero-order valence-electron chi connectivity index (χ0n) is 9.63. The van der Waals surface area contributed by atoms with E-state index < -0.39 is 10.0 Å². The van der Waals surface area contributed by atoms with Gasteiger partial charge in [-0.05, 0) is 25.2 Å². The van der Waals surface area contributed by atoms with Gasteiger partial charge in [-0.3, -0.25) is 0 Å². The summed E-state index contributed by atoms with van der Waals surface area (Å²) in [6.07, 6.45) is 3.63. The summed E-state index contributed by atoms with van der Waals surface area (Å²) < 4.78 is 25.4. The monoisotopic (exact) mass is 255 g/mol. The number of sulfonamides is 1. The Morgan fingerprint density at radius 1 is 1.20 bits per heavy atom. The number of nitrogens with one attached hydrogen (secondary N) is 1. The quantitative estimate of drug-likeness (QED) is 0.643. The smallest absolute Gasteiger partial charge is 0.211 e. The highest BCUT2D eigenvalue weighted by molar-refractivity contribution is 7.89. The SMILES string of the molecule is CCCC(CCCl)CNS(=O)(=O)CCC. The average Bonchev–Trinajstić information content (AvgIpc) is 2.15. The Hall–Kier alpha value is 0.200. The molecular formula is C10H22ClNO2S. The van der Waals surface area contributed by atoms with Crippen LogP contribution in [0.3, 0.4) is 0 Å². The third-order valence-corrected chi connectivity index (χ3v) is 4.05. The van der Waals surface area contributed by atoms with Crippen molar-refractivity contribution in [3.8, 4) is 0 Å². The maximum Gasteiger partial charge on any atom is 0.211 e. The molecule has 1 N–H and O–H groups in total. The van der Waals surface area contributed by atoms with Gasteiger partial charge in [0.25, 0.3) is 0 Å². The third-order valence-electron chi connectivity index (χ3n) is 2.28. The molecule has 5 heteroatoms. The Morgan fingerprint density at radius 2 is 1.87 bits per heavy atom. The molecule has 0 heterocycles. The van der Waals surface area contributed by atoms with Crippen molar-refractivity contribution in [2.45, 2.75) is 39.5 Å². The molecule has 0 aliphatic heterocycles. The van der Waals surface area contributed by atoms with Gasteiger partial charge in [0.15, 0.2) is 0 Å². The van der Waals surface area contributed by atoms with E-state index in [1.54, 1.807) is 0 Å². The zero-order chi connectivity index (χ0) is 11.7. The van der Waals surface area contributed by atoms with E-state index >= 15 is 0 Å². The Balaban J connectivity index is 3.97. The van der Waals surface area contributed by atoms with Crippen molar-refractivity contribution in [2.24, 2.45) is 5.92 Å². The van der Waals surface area contributed by atoms with Crippen LogP contribution in [0.4, 0.5) is 0 Å². The van der Waals surface area contributed by atoms with Gasteiger partial charge in [0.05, 0.1) is 5.75 Å². The first kappa shape index (κ1) is 15.2. The molecule has 0 spiro atoms. The van der Waals surface area contributed by atoms with Crippen LogP contribution in [0.25, 0.3) is 0 Å². The highest BCUT2D eigenvalue weighted by atomic mass is 35.5. The summed E-state index contributed by atoms with van der Waals surface area (Å²) in [4.78, 5) is 0. The van der Waals surface area contributed by atoms with E-state index in [4.69, 9.17) is 11.6 Å². The van der Waals surface area contributed by atoms with Crippen molar-refractivity contribution in [3.05, 3.63) is 0 Å². The summed E-state index contributed by atoms with van der Waals surface area (Å²) >= 11 is 5.67. The Labute approximate surface area is 98.6 Å². The van der Waals surface area contributed by atoms with E-state index in [1.807, 2.05) is 6.92 Å². The first-order valence-electron chi connectivity index (χ1n) is 5.59. The number of hydrogen-bond acceptors (Lipinski definition) is 2. The van der Waals surface area contributed by atoms with Gasteiger partial charge in [0.1, 0.15) is 0 Å². The maximum atomic E-state index is 11.4. The van der Waals surface area contributed by atoms with Crippen LogP contribution in [0.1, 0.15) is 39.5 Å². The molecule has 0 aliphatic carbocycles. The summed E-state index contributed by atoms with van der Waals surface area (Å²) in [7, 11) is -3.06. The molecule has 15 heavy (non-hydrogen) atoms. The van der Waals surface area contributed by atoms with Crippen LogP contribution >= 0.6 is 11.6 Å². The largest absolute Gasteiger partial charge is 0.215 e. The Bertz CT molecular complexity index is 236. The molecule has 0 amide bonds. The zero-order valence-corrected chi connectivity index (χ0v) is 11.2. The van der Waals surface area contributed by atoms with Crippen molar-refractivity contribution < 1.29 is 8.42 Å². The van der Waals surface area contributed by atoms with Gasteiger partial charge in [-0.2, -0.15) is 0 Å². The summed E-state index contributed by atoms with van der Waals surface area (Å²) in [5.41, 5.74) is 0. The van der Waals surface area contributed by atoms with E-state index in [-0.39, 0.29) is 5.75 Å². The van der Waals surface area contributed by atoms with E-state index in [0.29, 0.717) is 24.8 Å². The summed E-state index contributed by atoms with van der Waals surface area (Å²) in [6.45, 7) is 4.49. The first-order chi connectivity index (χ1) is 7.05. The first-order valence-corrected chi connectivity index (χ1v) is 7.77. The van der Waals surface area contributed by atoms with Crippen molar-refractivity contribution >= 4 is 21.6 Å². The number of rotatable bonds is 9. The van der Waals surface area contributed by atoms with Gasteiger partial charge in [0.2, 0.25) is 10.0 Å². The van der Waals surface area contributed by atoms with E-state index in [9.17, 15) is 8.42 Å². The molecule has 0 saturated carbocycles. The van der Waals surface area contributed by atoms with Crippen LogP contribution in [0, 0.1) is 5.92 Å². The summed E-state index contributed by atoms with van der Waals surface area (Å²) in [6, 6.07) is 0. The average molecular weight is 256 g/mol. The van der Waals surface area contributed by atoms with Gasteiger partial charge < -0.3 is 0 Å². The van der Waals surface area contributed by atoms with Gasteiger partial charge in [0, 0.05) is 12.4 Å². The number of halogens is 1. The van der Waals surface area contributed by atoms with Crippen LogP contribution in [0.2, 0.25) is 0 Å².